The second-order valence-corrected chi connectivity index (χ2v) is 9.07. The number of halogens is 1. The van der Waals surface area contributed by atoms with Crippen LogP contribution in [0.1, 0.15) is 33.4 Å². The maximum atomic E-state index is 14.1. The lowest BCUT2D eigenvalue weighted by atomic mass is 9.76. The van der Waals surface area contributed by atoms with Crippen LogP contribution in [0.5, 0.6) is 5.75 Å². The smallest absolute Gasteiger partial charge is 0.249 e. The molecule has 1 aliphatic rings. The Hall–Kier alpha value is -3.68. The number of ketones is 1. The van der Waals surface area contributed by atoms with Crippen molar-refractivity contribution in [2.24, 2.45) is 11.7 Å². The summed E-state index contributed by atoms with van der Waals surface area (Å²) in [5.74, 6) is -2.24. The van der Waals surface area contributed by atoms with Gasteiger partial charge >= 0.3 is 0 Å². The first-order valence-electron chi connectivity index (χ1n) is 11.5. The molecular weight excluding hydrogens is 480 g/mol. The molecule has 8 heteroatoms. The van der Waals surface area contributed by atoms with Crippen LogP contribution in [0.4, 0.5) is 0 Å². The average Bonchev–Trinajstić information content (AvgIpc) is 3.26. The van der Waals surface area contributed by atoms with Crippen LogP contribution in [0.25, 0.3) is 0 Å². The summed E-state index contributed by atoms with van der Waals surface area (Å²) in [6.07, 6.45) is 0. The Labute approximate surface area is 214 Å². The highest BCUT2D eigenvalue weighted by Gasteiger charge is 2.56. The van der Waals surface area contributed by atoms with Gasteiger partial charge in [0.2, 0.25) is 11.8 Å². The van der Waals surface area contributed by atoms with Crippen LogP contribution in [-0.4, -0.2) is 49.4 Å². The molecule has 0 radical (unpaired) electrons. The first kappa shape index (κ1) is 25.4. The fraction of sp³-hybridized carbons (Fsp3) is 0.250. The normalized spacial score (nSPS) is 21.2. The molecule has 3 aromatic rings. The van der Waals surface area contributed by atoms with Crippen LogP contribution in [0.3, 0.4) is 0 Å². The molecule has 36 heavy (non-hydrogen) atoms. The Bertz CT molecular complexity index is 1230. The fourth-order valence-corrected chi connectivity index (χ4v) is 5.21. The highest BCUT2D eigenvalue weighted by molar-refractivity contribution is 6.30. The van der Waals surface area contributed by atoms with E-state index in [1.54, 1.807) is 79.9 Å². The van der Waals surface area contributed by atoms with Crippen LogP contribution in [0.2, 0.25) is 5.02 Å². The molecule has 1 heterocycles. The van der Waals surface area contributed by atoms with E-state index in [2.05, 4.69) is 0 Å². The van der Waals surface area contributed by atoms with E-state index in [0.717, 1.165) is 0 Å². The lowest BCUT2D eigenvalue weighted by Crippen LogP contribution is -2.47. The summed E-state index contributed by atoms with van der Waals surface area (Å²) < 4.78 is 10.4. The maximum absolute atomic E-state index is 14.1. The number of methoxy groups -OCH3 is 2. The number of Topliss-reactive ketones (excluding diaryl/α,β-unsaturated/α-hetero) is 1. The van der Waals surface area contributed by atoms with Gasteiger partial charge in [-0.1, -0.05) is 66.2 Å². The third-order valence-corrected chi connectivity index (χ3v) is 6.84. The average molecular weight is 507 g/mol. The molecule has 0 bridgehead atoms. The van der Waals surface area contributed by atoms with E-state index in [-0.39, 0.29) is 12.4 Å². The van der Waals surface area contributed by atoms with Crippen LogP contribution in [0.15, 0.2) is 78.9 Å². The van der Waals surface area contributed by atoms with E-state index in [4.69, 9.17) is 26.8 Å². The first-order valence-corrected chi connectivity index (χ1v) is 11.8. The topological polar surface area (TPSA) is 98.9 Å². The molecule has 1 saturated heterocycles. The molecular formula is C28H27ClN2O5. The third kappa shape index (κ3) is 4.85. The standard InChI is InChI=1S/C28H27ClN2O5/c1-35-16-22(32)31-25(18-10-14-21(36-2)15-11-18)24(27(33)19-6-4-3-5-7-19)23(26(31)28(30)34)17-8-12-20(29)13-9-17/h3-15,23-26H,16H2,1-2H3,(H2,30,34). The van der Waals surface area contributed by atoms with Crippen molar-refractivity contribution in [3.63, 3.8) is 0 Å². The SMILES string of the molecule is COCC(=O)N1C(C(N)=O)C(c2ccc(Cl)cc2)C(C(=O)c2ccccc2)C1c1ccc(OC)cc1. The van der Waals surface area contributed by atoms with Gasteiger partial charge in [-0.3, -0.25) is 14.4 Å². The summed E-state index contributed by atoms with van der Waals surface area (Å²) in [7, 11) is 2.96. The number of rotatable bonds is 8. The van der Waals surface area contributed by atoms with Gasteiger partial charge < -0.3 is 20.1 Å². The van der Waals surface area contributed by atoms with Gasteiger partial charge in [0.15, 0.2) is 5.78 Å². The van der Waals surface area contributed by atoms with Crippen molar-refractivity contribution >= 4 is 29.2 Å². The lowest BCUT2D eigenvalue weighted by Gasteiger charge is -2.30. The molecule has 4 atom stereocenters. The second-order valence-electron chi connectivity index (χ2n) is 8.63. The number of carbonyl (C=O) groups excluding carboxylic acids is 3. The Kier molecular flexibility index (Phi) is 7.72. The van der Waals surface area contributed by atoms with Gasteiger partial charge in [-0.15, -0.1) is 0 Å². The molecule has 1 aliphatic heterocycles. The molecule has 4 unspecified atom stereocenters. The molecule has 0 saturated carbocycles. The Morgan fingerprint density at radius 3 is 2.06 bits per heavy atom. The molecule has 186 valence electrons. The molecule has 2 N–H and O–H groups in total. The number of ether oxygens (including phenoxy) is 2. The van der Waals surface area contributed by atoms with E-state index >= 15 is 0 Å². The number of hydrogen-bond acceptors (Lipinski definition) is 5. The summed E-state index contributed by atoms with van der Waals surface area (Å²) in [5.41, 5.74) is 7.77. The number of hydrogen-bond donors (Lipinski definition) is 1. The quantitative estimate of drug-likeness (QED) is 0.465. The van der Waals surface area contributed by atoms with Gasteiger partial charge in [-0.25, -0.2) is 0 Å². The summed E-state index contributed by atoms with van der Waals surface area (Å²) in [4.78, 5) is 42.0. The molecule has 0 spiro atoms. The van der Waals surface area contributed by atoms with Crippen LogP contribution in [-0.2, 0) is 14.3 Å². The predicted octanol–water partition coefficient (Wildman–Crippen LogP) is 4.02. The minimum absolute atomic E-state index is 0.199. The summed E-state index contributed by atoms with van der Waals surface area (Å²) in [6, 6.07) is 21.0. The van der Waals surface area contributed by atoms with Crippen molar-refractivity contribution in [2.45, 2.75) is 18.0 Å². The van der Waals surface area contributed by atoms with Gasteiger partial charge in [-0.2, -0.15) is 0 Å². The number of carbonyl (C=O) groups is 3. The van der Waals surface area contributed by atoms with Gasteiger partial charge in [0.05, 0.1) is 19.1 Å². The van der Waals surface area contributed by atoms with E-state index in [9.17, 15) is 14.4 Å². The Balaban J connectivity index is 1.97. The van der Waals surface area contributed by atoms with Crippen molar-refractivity contribution in [1.82, 2.24) is 4.90 Å². The Morgan fingerprint density at radius 2 is 1.50 bits per heavy atom. The molecule has 4 rings (SSSR count). The maximum Gasteiger partial charge on any atom is 0.249 e. The molecule has 3 aromatic carbocycles. The number of nitrogens with two attached hydrogens (primary N) is 1. The summed E-state index contributed by atoms with van der Waals surface area (Å²) in [5, 5.41) is 0.511. The van der Waals surface area contributed by atoms with Crippen LogP contribution in [0, 0.1) is 5.92 Å². The summed E-state index contributed by atoms with van der Waals surface area (Å²) >= 11 is 6.13. The van der Waals surface area contributed by atoms with Gasteiger partial charge in [0.25, 0.3) is 0 Å². The van der Waals surface area contributed by atoms with Gasteiger partial charge in [-0.05, 0) is 35.4 Å². The fourth-order valence-electron chi connectivity index (χ4n) is 5.08. The minimum atomic E-state index is -1.08. The zero-order chi connectivity index (χ0) is 25.8. The monoisotopic (exact) mass is 506 g/mol. The highest BCUT2D eigenvalue weighted by Crippen LogP contribution is 2.51. The zero-order valence-electron chi connectivity index (χ0n) is 20.0. The summed E-state index contributed by atoms with van der Waals surface area (Å²) in [6.45, 7) is -0.268. The number of amides is 2. The van der Waals surface area contributed by atoms with E-state index in [1.165, 1.54) is 12.0 Å². The third-order valence-electron chi connectivity index (χ3n) is 6.59. The highest BCUT2D eigenvalue weighted by atomic mass is 35.5. The zero-order valence-corrected chi connectivity index (χ0v) is 20.7. The molecule has 0 aliphatic carbocycles. The number of nitrogens with zero attached hydrogens (tertiary/aromatic N) is 1. The van der Waals surface area contributed by atoms with Crippen LogP contribution >= 0.6 is 11.6 Å². The number of benzene rings is 3. The van der Waals surface area contributed by atoms with E-state index in [1.807, 2.05) is 6.07 Å². The van der Waals surface area contributed by atoms with Crippen molar-refractivity contribution < 1.29 is 23.9 Å². The van der Waals surface area contributed by atoms with E-state index < -0.39 is 35.7 Å². The predicted molar refractivity (Wildman–Crippen MR) is 136 cm³/mol. The first-order chi connectivity index (χ1) is 17.4. The number of likely N-dealkylation sites (tertiary alicyclic amines) is 1. The van der Waals surface area contributed by atoms with Gasteiger partial charge in [0.1, 0.15) is 18.4 Å². The molecule has 1 fully saturated rings. The van der Waals surface area contributed by atoms with Crippen molar-refractivity contribution in [1.29, 1.82) is 0 Å². The van der Waals surface area contributed by atoms with Crippen molar-refractivity contribution in [2.75, 3.05) is 20.8 Å². The number of primary amides is 1. The van der Waals surface area contributed by atoms with Crippen molar-refractivity contribution in [3.05, 3.63) is 101 Å². The Morgan fingerprint density at radius 1 is 0.889 bits per heavy atom. The second kappa shape index (κ2) is 10.9. The van der Waals surface area contributed by atoms with Crippen LogP contribution < -0.4 is 10.5 Å². The molecule has 2 amide bonds. The van der Waals surface area contributed by atoms with Crippen molar-refractivity contribution in [3.8, 4) is 5.75 Å². The van der Waals surface area contributed by atoms with Gasteiger partial charge in [0, 0.05) is 23.6 Å². The largest absolute Gasteiger partial charge is 0.497 e. The minimum Gasteiger partial charge on any atom is -0.497 e. The van der Waals surface area contributed by atoms with E-state index in [0.29, 0.717) is 27.5 Å². The lowest BCUT2D eigenvalue weighted by molar-refractivity contribution is -0.143. The molecule has 0 aromatic heterocycles. The molecule has 7 nitrogen and oxygen atoms in total.